The number of imidazole rings is 1. The molecule has 462 valence electrons. The molecule has 88 heavy (non-hydrogen) atoms. The Morgan fingerprint density at radius 1 is 0.784 bits per heavy atom. The Bertz CT molecular complexity index is 3700. The van der Waals surface area contributed by atoms with Crippen molar-refractivity contribution in [1.29, 1.82) is 0 Å². The van der Waals surface area contributed by atoms with Crippen LogP contribution in [0.1, 0.15) is 166 Å². The molecule has 2 aromatic heterocycles. The minimum atomic E-state index is -1.06. The van der Waals surface area contributed by atoms with Crippen molar-refractivity contribution in [2.45, 2.75) is 166 Å². The van der Waals surface area contributed by atoms with E-state index < -0.39 is 40.9 Å². The van der Waals surface area contributed by atoms with E-state index in [0.717, 1.165) is 47.6 Å². The third-order valence-electron chi connectivity index (χ3n) is 20.6. The number of likely N-dealkylation sites (tertiary alicyclic amines) is 3. The number of pyridine rings is 1. The quantitative estimate of drug-likeness (QED) is 0.0948. The molecule has 20 nitrogen and oxygen atoms in total. The molecule has 1 unspecified atom stereocenters. The van der Waals surface area contributed by atoms with Crippen LogP contribution in [0.2, 0.25) is 0 Å². The van der Waals surface area contributed by atoms with Gasteiger partial charge in [-0.05, 0) is 172 Å². The van der Waals surface area contributed by atoms with Crippen LogP contribution < -0.4 is 25.8 Å². The van der Waals surface area contributed by atoms with Crippen LogP contribution in [0, 0.1) is 24.6 Å². The number of anilines is 4. The summed E-state index contributed by atoms with van der Waals surface area (Å²) in [6, 6.07) is 15.4. The number of carbonyl (C=O) groups is 8. The number of fused-ring (bicyclic) bond motifs is 4. The first-order chi connectivity index (χ1) is 42.3. The van der Waals surface area contributed by atoms with Crippen molar-refractivity contribution in [1.82, 2.24) is 44.8 Å². The van der Waals surface area contributed by atoms with E-state index in [4.69, 9.17) is 9.97 Å². The number of piperidine rings is 3. The zero-order valence-electron chi connectivity index (χ0n) is 51.2. The molecule has 8 amide bonds. The third kappa shape index (κ3) is 10.3. The van der Waals surface area contributed by atoms with Gasteiger partial charge in [-0.1, -0.05) is 24.6 Å². The van der Waals surface area contributed by atoms with Gasteiger partial charge in [-0.25, -0.2) is 14.4 Å². The summed E-state index contributed by atoms with van der Waals surface area (Å²) in [5.41, 5.74) is 5.68. The Morgan fingerprint density at radius 2 is 1.52 bits per heavy atom. The van der Waals surface area contributed by atoms with E-state index >= 15 is 9.18 Å². The highest BCUT2D eigenvalue weighted by atomic mass is 19.1. The molecule has 0 radical (unpaired) electrons. The first-order valence-corrected chi connectivity index (χ1v) is 31.9. The molecule has 3 N–H and O–H groups in total. The SMILES string of the molecule is Cc1cc(F)c(Nc2nc(-c3ccc4c(c3)N(C3CC(N5CCCCC5)C3)C(=O)C43CCN(C(=O)[C@@H]4CCN(C(=O)C5CCC(N(C)c6cccc7c6C(=O)N(C6CCC(=O)NC6=O)C7=O)CC5)C4)CC3)cc3ncn(C(C)C)c23)cc1C(=O)NC(C)C. The van der Waals surface area contributed by atoms with Gasteiger partial charge < -0.3 is 39.7 Å². The average Bonchev–Trinajstić information content (AvgIpc) is 1.58. The number of amides is 8. The summed E-state index contributed by atoms with van der Waals surface area (Å²) in [6.45, 7) is 13.4. The number of carbonyl (C=O) groups excluding carboxylic acids is 8. The maximum Gasteiger partial charge on any atom is 0.264 e. The van der Waals surface area contributed by atoms with Crippen LogP contribution in [0.5, 0.6) is 0 Å². The smallest absolute Gasteiger partial charge is 0.264 e. The fourth-order valence-electron chi connectivity index (χ4n) is 15.6. The fourth-order valence-corrected chi connectivity index (χ4v) is 15.6. The van der Waals surface area contributed by atoms with Crippen LogP contribution in [0.4, 0.5) is 27.3 Å². The zero-order chi connectivity index (χ0) is 61.6. The third-order valence-corrected chi connectivity index (χ3v) is 20.6. The van der Waals surface area contributed by atoms with Crippen molar-refractivity contribution in [2.75, 3.05) is 61.4 Å². The van der Waals surface area contributed by atoms with Gasteiger partial charge in [0.05, 0.1) is 51.4 Å². The molecule has 6 fully saturated rings. The molecule has 1 spiro atoms. The highest BCUT2D eigenvalue weighted by Gasteiger charge is 2.56. The van der Waals surface area contributed by atoms with E-state index in [1.165, 1.54) is 31.4 Å². The summed E-state index contributed by atoms with van der Waals surface area (Å²) in [4.78, 5) is 131. The molecule has 3 aromatic carbocycles. The van der Waals surface area contributed by atoms with Crippen LogP contribution in [0.25, 0.3) is 22.3 Å². The minimum absolute atomic E-state index is 0.00239. The topological polar surface area (TPSA) is 223 Å². The molecule has 4 saturated heterocycles. The van der Waals surface area contributed by atoms with Gasteiger partial charge in [0, 0.05) is 92.6 Å². The molecule has 6 aliphatic heterocycles. The second-order valence-corrected chi connectivity index (χ2v) is 26.6. The van der Waals surface area contributed by atoms with E-state index in [2.05, 4.69) is 37.9 Å². The second kappa shape index (κ2) is 23.1. The van der Waals surface area contributed by atoms with Crippen molar-refractivity contribution in [3.63, 3.8) is 0 Å². The van der Waals surface area contributed by atoms with Gasteiger partial charge in [-0.15, -0.1) is 0 Å². The maximum absolute atomic E-state index is 16.0. The van der Waals surface area contributed by atoms with Crippen molar-refractivity contribution in [3.05, 3.63) is 94.6 Å². The Morgan fingerprint density at radius 3 is 2.24 bits per heavy atom. The molecule has 0 bridgehead atoms. The molecule has 21 heteroatoms. The largest absolute Gasteiger partial charge is 0.371 e. The van der Waals surface area contributed by atoms with E-state index in [9.17, 15) is 33.6 Å². The molecule has 5 aromatic rings. The summed E-state index contributed by atoms with van der Waals surface area (Å²) >= 11 is 0. The lowest BCUT2D eigenvalue weighted by Crippen LogP contribution is -2.58. The first-order valence-electron chi connectivity index (χ1n) is 31.9. The Hall–Kier alpha value is -8.07. The van der Waals surface area contributed by atoms with Crippen LogP contribution in [0.15, 0.2) is 60.9 Å². The Balaban J connectivity index is 0.695. The summed E-state index contributed by atoms with van der Waals surface area (Å²) in [5, 5.41) is 8.45. The monoisotopic (exact) mass is 1200 g/mol. The number of rotatable bonds is 13. The number of halogens is 1. The van der Waals surface area contributed by atoms with Crippen LogP contribution in [-0.4, -0.2) is 158 Å². The predicted molar refractivity (Wildman–Crippen MR) is 330 cm³/mol. The lowest BCUT2D eigenvalue weighted by atomic mass is 9.73. The van der Waals surface area contributed by atoms with E-state index in [-0.39, 0.29) is 89.3 Å². The van der Waals surface area contributed by atoms with Crippen molar-refractivity contribution in [2.24, 2.45) is 11.8 Å². The van der Waals surface area contributed by atoms with Crippen molar-refractivity contribution < 1.29 is 42.7 Å². The van der Waals surface area contributed by atoms with Gasteiger partial charge in [-0.2, -0.15) is 0 Å². The molecular weight excluding hydrogens is 1120 g/mol. The Kier molecular flexibility index (Phi) is 15.5. The van der Waals surface area contributed by atoms with Crippen molar-refractivity contribution in [3.8, 4) is 11.3 Å². The summed E-state index contributed by atoms with van der Waals surface area (Å²) in [6.07, 6.45) is 11.3. The number of benzene rings is 3. The standard InChI is InChI=1S/C67H79FN12O8/c1-37(2)70-60(82)47-33-51(49(68)29-39(47)5)72-59-58-52(69-36-78(58)38(3)4)34-50(71-59)41-15-18-48-55(30-41)79(45-31-44(32-45)75-24-8-7-9-25-75)66(88)67(48)22-27-76(28-23-67)63(85)42-21-26-77(35-42)62(84)40-13-16-43(17-14-40)74(6)53-12-10-11-46-57(53)65(87)80(64(46)86)54-19-20-56(81)73-61(54)83/h10-12,15,18,29-30,33-34,36-38,40,42-45,54H,7-9,13-14,16-17,19-28,31-32,35H2,1-6H3,(H,70,82)(H,71,72)(H,73,81,83)/t40?,42-,43?,44?,45?,54?/m1/s1. The molecule has 8 aliphatic rings. The van der Waals surface area contributed by atoms with Gasteiger partial charge in [0.1, 0.15) is 17.4 Å². The van der Waals surface area contributed by atoms with Gasteiger partial charge >= 0.3 is 0 Å². The minimum Gasteiger partial charge on any atom is -0.371 e. The zero-order valence-corrected chi connectivity index (χ0v) is 51.2. The number of hydrogen-bond donors (Lipinski definition) is 3. The Labute approximate surface area is 511 Å². The lowest BCUT2D eigenvalue weighted by Gasteiger charge is -2.48. The van der Waals surface area contributed by atoms with Crippen LogP contribution in [-0.2, 0) is 29.4 Å². The maximum atomic E-state index is 16.0. The van der Waals surface area contributed by atoms with Gasteiger partial charge in [0.15, 0.2) is 5.82 Å². The first kappa shape index (κ1) is 58.9. The summed E-state index contributed by atoms with van der Waals surface area (Å²) < 4.78 is 18.0. The number of aryl methyl sites for hydroxylation is 1. The number of aromatic nitrogens is 3. The van der Waals surface area contributed by atoms with Crippen LogP contribution >= 0.6 is 0 Å². The lowest BCUT2D eigenvalue weighted by molar-refractivity contribution is -0.140. The van der Waals surface area contributed by atoms with E-state index in [1.54, 1.807) is 31.5 Å². The molecule has 13 rings (SSSR count). The van der Waals surface area contributed by atoms with E-state index in [1.807, 2.05) is 66.1 Å². The molecule has 2 aliphatic carbocycles. The van der Waals surface area contributed by atoms with Crippen LogP contribution in [0.3, 0.4) is 0 Å². The van der Waals surface area contributed by atoms with Gasteiger partial charge in [0.25, 0.3) is 17.7 Å². The summed E-state index contributed by atoms with van der Waals surface area (Å²) in [7, 11) is 1.89. The number of imide groups is 2. The highest BCUT2D eigenvalue weighted by Crippen LogP contribution is 2.53. The second-order valence-electron chi connectivity index (χ2n) is 26.6. The normalized spacial score (nSPS) is 24.6. The molecule has 8 heterocycles. The molecular formula is C67H79FN12O8. The number of nitrogens with one attached hydrogen (secondary N) is 3. The van der Waals surface area contributed by atoms with Gasteiger partial charge in [-0.3, -0.25) is 48.6 Å². The van der Waals surface area contributed by atoms with E-state index in [0.29, 0.717) is 117 Å². The van der Waals surface area contributed by atoms with Gasteiger partial charge in [0.2, 0.25) is 29.5 Å². The average molecular weight is 1200 g/mol. The molecule has 2 atom stereocenters. The molecule has 2 saturated carbocycles. The number of hydrogen-bond acceptors (Lipinski definition) is 13. The van der Waals surface area contributed by atoms with Crippen molar-refractivity contribution >= 4 is 81.2 Å². The summed E-state index contributed by atoms with van der Waals surface area (Å²) in [5.74, 6) is -3.07. The highest BCUT2D eigenvalue weighted by molar-refractivity contribution is 6.25. The number of nitrogens with zero attached hydrogens (tertiary/aromatic N) is 9. The fraction of sp³-hybridized carbons (Fsp3) is 0.522. The predicted octanol–water partition coefficient (Wildman–Crippen LogP) is 8.18.